The van der Waals surface area contributed by atoms with Gasteiger partial charge < -0.3 is 20.3 Å². The minimum absolute atomic E-state index is 0.0577. The van der Waals surface area contributed by atoms with Crippen LogP contribution in [0, 0.1) is 5.41 Å². The lowest BCUT2D eigenvalue weighted by Gasteiger charge is -2.33. The number of carbonyl (C=O) groups is 1. The lowest BCUT2D eigenvalue weighted by atomic mass is 9.89. The highest BCUT2D eigenvalue weighted by Crippen LogP contribution is 2.48. The average Bonchev–Trinajstić information content (AvgIpc) is 3.39. The fourth-order valence-electron chi connectivity index (χ4n) is 3.61. The quantitative estimate of drug-likeness (QED) is 0.694. The largest absolute Gasteiger partial charge is 0.396 e. The monoisotopic (exact) mass is 401 g/mol. The number of halogens is 1. The van der Waals surface area contributed by atoms with Crippen LogP contribution in [0.1, 0.15) is 53.7 Å². The van der Waals surface area contributed by atoms with Crippen LogP contribution in [0.2, 0.25) is 5.02 Å². The van der Waals surface area contributed by atoms with Crippen molar-refractivity contribution in [1.29, 1.82) is 0 Å². The minimum Gasteiger partial charge on any atom is -0.396 e. The predicted octanol–water partition coefficient (Wildman–Crippen LogP) is 3.30. The van der Waals surface area contributed by atoms with Crippen molar-refractivity contribution in [2.45, 2.75) is 38.0 Å². The summed E-state index contributed by atoms with van der Waals surface area (Å²) < 4.78 is 6.36. The second-order valence-electron chi connectivity index (χ2n) is 8.41. The Bertz CT molecular complexity index is 915. The molecule has 2 aromatic rings. The number of fused-ring (bicyclic) bond motifs is 1. The van der Waals surface area contributed by atoms with Gasteiger partial charge in [-0.2, -0.15) is 0 Å². The summed E-state index contributed by atoms with van der Waals surface area (Å²) in [6.45, 7) is 3.76. The Morgan fingerprint density at radius 1 is 1.18 bits per heavy atom. The second-order valence-corrected chi connectivity index (χ2v) is 8.84. The van der Waals surface area contributed by atoms with Crippen LogP contribution in [0.3, 0.4) is 0 Å². The number of hydrogen-bond acceptors (Lipinski definition) is 4. The molecular weight excluding hydrogens is 378 g/mol. The van der Waals surface area contributed by atoms with Crippen LogP contribution in [0.4, 0.5) is 0 Å². The van der Waals surface area contributed by atoms with Gasteiger partial charge in [-0.3, -0.25) is 4.79 Å². The van der Waals surface area contributed by atoms with Gasteiger partial charge in [0.05, 0.1) is 18.8 Å². The summed E-state index contributed by atoms with van der Waals surface area (Å²) in [5.41, 5.74) is 0.136. The van der Waals surface area contributed by atoms with E-state index in [4.69, 9.17) is 16.3 Å². The molecule has 1 fully saturated rings. The molecule has 6 heteroatoms. The van der Waals surface area contributed by atoms with E-state index in [0.717, 1.165) is 18.4 Å². The average molecular weight is 402 g/mol. The van der Waals surface area contributed by atoms with E-state index < -0.39 is 11.3 Å². The second kappa shape index (κ2) is 6.56. The third-order valence-electron chi connectivity index (χ3n) is 5.78. The molecule has 1 saturated carbocycles. The molecule has 28 heavy (non-hydrogen) atoms. The summed E-state index contributed by atoms with van der Waals surface area (Å²) in [6.07, 6.45) is 1.80. The van der Waals surface area contributed by atoms with E-state index in [1.165, 1.54) is 0 Å². The van der Waals surface area contributed by atoms with Crippen molar-refractivity contribution in [3.63, 3.8) is 0 Å². The number of nitrogens with one attached hydrogen (secondary N) is 1. The zero-order chi connectivity index (χ0) is 20.2. The van der Waals surface area contributed by atoms with Gasteiger partial charge in [-0.05, 0) is 50.5 Å². The molecular formula is C22H24ClNO4. The van der Waals surface area contributed by atoms with Crippen LogP contribution in [0.15, 0.2) is 42.5 Å². The summed E-state index contributed by atoms with van der Waals surface area (Å²) in [6, 6.07) is 12.5. The van der Waals surface area contributed by atoms with E-state index in [0.29, 0.717) is 28.3 Å². The highest BCUT2D eigenvalue weighted by Gasteiger charge is 2.50. The van der Waals surface area contributed by atoms with Gasteiger partial charge in [0.15, 0.2) is 5.72 Å². The van der Waals surface area contributed by atoms with Gasteiger partial charge in [-0.25, -0.2) is 0 Å². The molecule has 4 rings (SSSR count). The first-order valence-corrected chi connectivity index (χ1v) is 9.78. The smallest absolute Gasteiger partial charge is 0.254 e. The maximum Gasteiger partial charge on any atom is 0.254 e. The van der Waals surface area contributed by atoms with Crippen LogP contribution < -0.4 is 5.32 Å². The summed E-state index contributed by atoms with van der Waals surface area (Å²) in [7, 11) is 0. The maximum atomic E-state index is 12.9. The van der Waals surface area contributed by atoms with Gasteiger partial charge >= 0.3 is 0 Å². The molecule has 1 aliphatic heterocycles. The summed E-state index contributed by atoms with van der Waals surface area (Å²) >= 11 is 6.06. The predicted molar refractivity (Wildman–Crippen MR) is 106 cm³/mol. The molecule has 2 aromatic carbocycles. The Hall–Kier alpha value is -1.92. The van der Waals surface area contributed by atoms with E-state index in [9.17, 15) is 15.0 Å². The molecule has 1 aliphatic carbocycles. The van der Waals surface area contributed by atoms with E-state index >= 15 is 0 Å². The highest BCUT2D eigenvalue weighted by atomic mass is 35.5. The van der Waals surface area contributed by atoms with E-state index in [1.54, 1.807) is 32.0 Å². The topological polar surface area (TPSA) is 78.8 Å². The highest BCUT2D eigenvalue weighted by molar-refractivity contribution is 6.30. The zero-order valence-corrected chi connectivity index (χ0v) is 16.7. The Kier molecular flexibility index (Phi) is 4.55. The number of aliphatic hydroxyl groups excluding tert-OH is 1. The molecule has 1 unspecified atom stereocenters. The fraction of sp³-hybridized carbons (Fsp3) is 0.409. The third kappa shape index (κ3) is 3.22. The van der Waals surface area contributed by atoms with Crippen molar-refractivity contribution in [3.8, 4) is 0 Å². The summed E-state index contributed by atoms with van der Waals surface area (Å²) in [5, 5.41) is 23.6. The van der Waals surface area contributed by atoms with Crippen molar-refractivity contribution < 1.29 is 19.7 Å². The van der Waals surface area contributed by atoms with Crippen LogP contribution in [0.25, 0.3) is 0 Å². The Labute approximate surface area is 169 Å². The molecule has 5 nitrogen and oxygen atoms in total. The number of ether oxygens (including phenoxy) is 1. The van der Waals surface area contributed by atoms with Crippen molar-refractivity contribution in [2.75, 3.05) is 13.2 Å². The molecule has 0 saturated heterocycles. The van der Waals surface area contributed by atoms with Crippen LogP contribution in [-0.2, 0) is 16.1 Å². The van der Waals surface area contributed by atoms with Crippen molar-refractivity contribution in [2.24, 2.45) is 5.41 Å². The molecule has 1 amide bonds. The van der Waals surface area contributed by atoms with Gasteiger partial charge in [-0.15, -0.1) is 0 Å². The lowest BCUT2D eigenvalue weighted by molar-refractivity contribution is -0.0615. The number of benzene rings is 2. The molecule has 2 aliphatic rings. The summed E-state index contributed by atoms with van der Waals surface area (Å²) in [4.78, 5) is 12.9. The first-order valence-electron chi connectivity index (χ1n) is 9.40. The molecule has 0 radical (unpaired) electrons. The standard InChI is InChI=1S/C22H24ClNO4/c1-20(2,27)15-5-8-18-17(11-15)19(26)24-22(18,14-3-6-16(23)7-4-14)28-13-21(12-25)9-10-21/h3-8,11,25,27H,9-10,12-13H2,1-2H3,(H,24,26). The Morgan fingerprint density at radius 2 is 1.86 bits per heavy atom. The fourth-order valence-corrected chi connectivity index (χ4v) is 3.74. The number of rotatable bonds is 6. The Balaban J connectivity index is 1.81. The lowest BCUT2D eigenvalue weighted by Crippen LogP contribution is -2.44. The van der Waals surface area contributed by atoms with E-state index in [2.05, 4.69) is 5.32 Å². The molecule has 3 N–H and O–H groups in total. The van der Waals surface area contributed by atoms with Crippen molar-refractivity contribution in [1.82, 2.24) is 5.32 Å². The first kappa shape index (κ1) is 19.4. The SMILES string of the molecule is CC(C)(O)c1ccc2c(c1)C(=O)NC2(OCC1(CO)CC1)c1ccc(Cl)cc1. The molecule has 148 valence electrons. The third-order valence-corrected chi connectivity index (χ3v) is 6.03. The zero-order valence-electron chi connectivity index (χ0n) is 16.0. The maximum absolute atomic E-state index is 12.9. The van der Waals surface area contributed by atoms with E-state index in [-0.39, 0.29) is 17.9 Å². The molecule has 1 atom stereocenters. The summed E-state index contributed by atoms with van der Waals surface area (Å²) in [5.74, 6) is -0.259. The normalized spacial score (nSPS) is 22.7. The molecule has 0 spiro atoms. The van der Waals surface area contributed by atoms with Crippen LogP contribution in [0.5, 0.6) is 0 Å². The van der Waals surface area contributed by atoms with Gasteiger partial charge in [-0.1, -0.05) is 35.9 Å². The number of carbonyl (C=O) groups excluding carboxylic acids is 1. The van der Waals surface area contributed by atoms with Gasteiger partial charge in [0.1, 0.15) is 0 Å². The minimum atomic E-state index is -1.15. The number of aliphatic hydroxyl groups is 2. The van der Waals surface area contributed by atoms with Gasteiger partial charge in [0.2, 0.25) is 0 Å². The van der Waals surface area contributed by atoms with Crippen molar-refractivity contribution in [3.05, 3.63) is 69.7 Å². The van der Waals surface area contributed by atoms with E-state index in [1.807, 2.05) is 24.3 Å². The first-order chi connectivity index (χ1) is 13.2. The molecule has 0 bridgehead atoms. The molecule has 1 heterocycles. The van der Waals surface area contributed by atoms with Crippen molar-refractivity contribution >= 4 is 17.5 Å². The number of hydrogen-bond donors (Lipinski definition) is 3. The molecule has 0 aromatic heterocycles. The van der Waals surface area contributed by atoms with Crippen LogP contribution in [-0.4, -0.2) is 29.3 Å². The van der Waals surface area contributed by atoms with Gasteiger partial charge in [0.25, 0.3) is 5.91 Å². The van der Waals surface area contributed by atoms with Gasteiger partial charge in [0, 0.05) is 27.1 Å². The number of amides is 1. The van der Waals surface area contributed by atoms with Crippen LogP contribution >= 0.6 is 11.6 Å². The Morgan fingerprint density at radius 3 is 2.43 bits per heavy atom.